The first kappa shape index (κ1) is 32.3. The van der Waals surface area contributed by atoms with Crippen molar-refractivity contribution < 1.29 is 57.3 Å². The largest absolute Gasteiger partial charge is 0.743 e. The van der Waals surface area contributed by atoms with Gasteiger partial charge in [-0.15, -0.1) is 0 Å². The van der Waals surface area contributed by atoms with E-state index >= 15 is 0 Å². The quantitative estimate of drug-likeness (QED) is 0.230. The van der Waals surface area contributed by atoms with Crippen molar-refractivity contribution in [2.45, 2.75) is 93.6 Å². The monoisotopic (exact) mass is 542 g/mol. The van der Waals surface area contributed by atoms with Crippen LogP contribution in [0.4, 0.5) is 39.5 Å². The fraction of sp³-hybridized carbons (Fsp3) is 0.944. The fourth-order valence-corrected chi connectivity index (χ4v) is 5.86. The Morgan fingerprint density at radius 2 is 1.24 bits per heavy atom. The highest BCUT2D eigenvalue weighted by Gasteiger charge is 2.83. The van der Waals surface area contributed by atoms with E-state index in [1.165, 1.54) is 19.3 Å². The van der Waals surface area contributed by atoms with Crippen LogP contribution in [0.2, 0.25) is 0 Å². The normalized spacial score (nSPS) is 17.4. The Morgan fingerprint density at radius 1 is 0.848 bits per heavy atom. The molecule has 0 saturated heterocycles. The van der Waals surface area contributed by atoms with E-state index in [1.54, 1.807) is 0 Å². The van der Waals surface area contributed by atoms with Crippen LogP contribution in [0.3, 0.4) is 0 Å². The Hall–Kier alpha value is -0.700. The van der Waals surface area contributed by atoms with E-state index in [4.69, 9.17) is 0 Å². The van der Waals surface area contributed by atoms with E-state index in [9.17, 15) is 57.3 Å². The predicted molar refractivity (Wildman–Crippen MR) is 105 cm³/mol. The van der Waals surface area contributed by atoms with Crippen LogP contribution in [0.1, 0.15) is 59.8 Å². The molecule has 0 N–H and O–H groups in total. The summed E-state index contributed by atoms with van der Waals surface area (Å²) in [7, 11) is -7.13. The molecule has 4 nitrogen and oxygen atoms in total. The Balaban J connectivity index is 0.000000621. The van der Waals surface area contributed by atoms with Crippen molar-refractivity contribution >= 4 is 26.8 Å². The molecule has 1 fully saturated rings. The van der Waals surface area contributed by atoms with Crippen LogP contribution in [0.5, 0.6) is 0 Å². The topological polar surface area (TPSA) is 74.3 Å². The third kappa shape index (κ3) is 7.64. The molecule has 1 rings (SSSR count). The van der Waals surface area contributed by atoms with E-state index in [0.717, 1.165) is 18.6 Å². The first-order valence-corrected chi connectivity index (χ1v) is 12.8. The average molecular weight is 543 g/mol. The molecule has 0 radical (unpaired) electrons. The number of hydrogen-bond donors (Lipinski definition) is 0. The van der Waals surface area contributed by atoms with Crippen molar-refractivity contribution in [2.75, 3.05) is 5.75 Å². The number of ketones is 1. The predicted octanol–water partition coefficient (Wildman–Crippen LogP) is 5.53. The van der Waals surface area contributed by atoms with E-state index < -0.39 is 33.4 Å². The lowest BCUT2D eigenvalue weighted by Crippen LogP contribution is -2.63. The summed E-state index contributed by atoms with van der Waals surface area (Å²) >= 11 is 0. The number of Topliss-reactive ketones (excluding diaryl/α,β-unsaturated/α-hetero) is 1. The van der Waals surface area contributed by atoms with Crippen molar-refractivity contribution in [3.8, 4) is 0 Å². The Kier molecular flexibility index (Phi) is 11.1. The summed E-state index contributed by atoms with van der Waals surface area (Å²) in [5, 5.41) is -5.79. The molecule has 1 aliphatic rings. The standard InChI is InChI=1S/C14H27OS.C4HF9O3S/c1-11(2)16(12(3)4)10-14(15)13-8-6-5-7-9-13;5-1(6,3(9,10)11)2(7,8)4(12,13)17(14,15)16/h11-13H,5-10H2,1-4H3;(H,14,15,16)/q+1;/p-1. The first-order valence-electron chi connectivity index (χ1n) is 9.89. The summed E-state index contributed by atoms with van der Waals surface area (Å²) in [6.45, 7) is 9.04. The molecule has 0 aliphatic heterocycles. The molecular formula is C18H27F9O4S2. The molecule has 0 aromatic carbocycles. The molecule has 15 heteroatoms. The van der Waals surface area contributed by atoms with Crippen LogP contribution < -0.4 is 0 Å². The Morgan fingerprint density at radius 3 is 1.55 bits per heavy atom. The highest BCUT2D eigenvalue weighted by molar-refractivity contribution is 7.98. The molecule has 33 heavy (non-hydrogen) atoms. The van der Waals surface area contributed by atoms with E-state index in [2.05, 4.69) is 27.7 Å². The van der Waals surface area contributed by atoms with Gasteiger partial charge in [0.1, 0.15) is 10.5 Å². The van der Waals surface area contributed by atoms with E-state index in [-0.39, 0.29) is 0 Å². The van der Waals surface area contributed by atoms with Gasteiger partial charge in [0.25, 0.3) is 0 Å². The van der Waals surface area contributed by atoms with Crippen LogP contribution in [0, 0.1) is 5.92 Å². The van der Waals surface area contributed by atoms with Crippen LogP contribution in [0.25, 0.3) is 0 Å². The van der Waals surface area contributed by atoms with E-state index in [1.807, 2.05) is 0 Å². The van der Waals surface area contributed by atoms with Crippen molar-refractivity contribution in [2.24, 2.45) is 5.92 Å². The molecule has 0 atom stereocenters. The number of alkyl halides is 9. The maximum atomic E-state index is 12.2. The lowest BCUT2D eigenvalue weighted by atomic mass is 9.87. The van der Waals surface area contributed by atoms with Gasteiger partial charge in [-0.1, -0.05) is 19.3 Å². The summed E-state index contributed by atoms with van der Waals surface area (Å²) in [5.41, 5.74) is 0. The molecule has 0 aromatic rings. The van der Waals surface area contributed by atoms with Gasteiger partial charge in [0, 0.05) is 5.92 Å². The van der Waals surface area contributed by atoms with Gasteiger partial charge in [-0.25, -0.2) is 8.42 Å². The first-order chi connectivity index (χ1) is 14.5. The fourth-order valence-electron chi connectivity index (χ4n) is 3.10. The zero-order chi connectivity index (χ0) is 26.6. The van der Waals surface area contributed by atoms with E-state index in [0.29, 0.717) is 33.1 Å². The summed E-state index contributed by atoms with van der Waals surface area (Å²) in [5.74, 6) is -13.0. The van der Waals surface area contributed by atoms with Crippen molar-refractivity contribution in [3.63, 3.8) is 0 Å². The lowest BCUT2D eigenvalue weighted by molar-refractivity contribution is -0.382. The highest BCUT2D eigenvalue weighted by Crippen LogP contribution is 2.54. The number of carbonyl (C=O) groups is 1. The molecule has 198 valence electrons. The molecule has 0 bridgehead atoms. The summed E-state index contributed by atoms with van der Waals surface area (Å²) in [6, 6.07) is 0. The van der Waals surface area contributed by atoms with Gasteiger partial charge < -0.3 is 4.55 Å². The van der Waals surface area contributed by atoms with Gasteiger partial charge in [0.05, 0.1) is 0 Å². The maximum Gasteiger partial charge on any atom is 0.460 e. The van der Waals surface area contributed by atoms with Crippen LogP contribution >= 0.6 is 0 Å². The van der Waals surface area contributed by atoms with Gasteiger partial charge in [0.2, 0.25) is 0 Å². The smallest absolute Gasteiger partial charge is 0.460 e. The van der Waals surface area contributed by atoms with Gasteiger partial charge >= 0.3 is 23.3 Å². The van der Waals surface area contributed by atoms with Gasteiger partial charge in [-0.3, -0.25) is 4.79 Å². The number of carbonyl (C=O) groups excluding carboxylic acids is 1. The SMILES string of the molecule is CC(C)[S+](CC(=O)C1CCCCC1)C(C)C.O=S(=O)([O-])C(F)(F)C(F)(F)C(F)(F)C(F)(F)F. The van der Waals surface area contributed by atoms with Gasteiger partial charge in [-0.2, -0.15) is 39.5 Å². The second kappa shape index (κ2) is 11.4. The highest BCUT2D eigenvalue weighted by atomic mass is 32.2. The van der Waals surface area contributed by atoms with Crippen molar-refractivity contribution in [1.29, 1.82) is 0 Å². The Labute approximate surface area is 189 Å². The van der Waals surface area contributed by atoms with Crippen molar-refractivity contribution in [1.82, 2.24) is 0 Å². The number of hydrogen-bond acceptors (Lipinski definition) is 4. The minimum atomic E-state index is -7.43. The van der Waals surface area contributed by atoms with Crippen LogP contribution in [0.15, 0.2) is 0 Å². The molecule has 0 spiro atoms. The summed E-state index contributed by atoms with van der Waals surface area (Å²) in [4.78, 5) is 12.2. The molecule has 0 amide bonds. The number of halogens is 9. The average Bonchev–Trinajstić information content (AvgIpc) is 2.64. The van der Waals surface area contributed by atoms with Crippen LogP contribution in [-0.2, 0) is 25.8 Å². The molecular weight excluding hydrogens is 515 g/mol. The van der Waals surface area contributed by atoms with Gasteiger partial charge in [-0.05, 0) is 51.4 Å². The molecule has 0 heterocycles. The molecule has 1 aliphatic carbocycles. The minimum Gasteiger partial charge on any atom is -0.743 e. The lowest BCUT2D eigenvalue weighted by Gasteiger charge is -2.34. The van der Waals surface area contributed by atoms with Crippen molar-refractivity contribution in [3.05, 3.63) is 0 Å². The number of rotatable bonds is 8. The third-order valence-corrected chi connectivity index (χ3v) is 8.93. The second-order valence-corrected chi connectivity index (χ2v) is 12.7. The maximum absolute atomic E-state index is 12.2. The van der Waals surface area contributed by atoms with Gasteiger partial charge in [0.15, 0.2) is 21.7 Å². The molecule has 1 saturated carbocycles. The third-order valence-electron chi connectivity index (χ3n) is 5.01. The zero-order valence-electron chi connectivity index (χ0n) is 18.3. The molecule has 0 unspecified atom stereocenters. The summed E-state index contributed by atoms with van der Waals surface area (Å²) in [6.07, 6.45) is -0.964. The zero-order valence-corrected chi connectivity index (χ0v) is 20.0. The second-order valence-electron chi connectivity index (χ2n) is 8.13. The van der Waals surface area contributed by atoms with Crippen LogP contribution in [-0.4, -0.2) is 58.3 Å². The molecule has 0 aromatic heterocycles. The summed E-state index contributed by atoms with van der Waals surface area (Å²) < 4.78 is 135. The minimum absolute atomic E-state index is 0.291. The Bertz CT molecular complexity index is 737.